The van der Waals surface area contributed by atoms with Gasteiger partial charge in [0, 0.05) is 26.7 Å². The third kappa shape index (κ3) is 4.96. The number of hydrogen-bond acceptors (Lipinski definition) is 6. The molecule has 0 aromatic carbocycles. The van der Waals surface area contributed by atoms with Crippen LogP contribution in [0.3, 0.4) is 0 Å². The van der Waals surface area contributed by atoms with E-state index in [4.69, 9.17) is 0 Å². The van der Waals surface area contributed by atoms with E-state index in [1.165, 1.54) is 11.3 Å². The first kappa shape index (κ1) is 20.4. The first-order valence-corrected chi connectivity index (χ1v) is 7.67. The third-order valence-electron chi connectivity index (χ3n) is 2.75. The normalized spacial score (nSPS) is 11.4. The fourth-order valence-electron chi connectivity index (χ4n) is 1.46. The molecule has 2 N–H and O–H groups in total. The molecular weight excluding hydrogens is 351 g/mol. The van der Waals surface area contributed by atoms with Crippen molar-refractivity contribution < 1.29 is 4.79 Å². The van der Waals surface area contributed by atoms with Crippen LogP contribution in [0.2, 0.25) is 0 Å². The van der Waals surface area contributed by atoms with Gasteiger partial charge >= 0.3 is 0 Å². The number of hydrogen-bond donors (Lipinski definition) is 2. The molecule has 21 heavy (non-hydrogen) atoms. The van der Waals surface area contributed by atoms with Gasteiger partial charge in [0.2, 0.25) is 0 Å². The third-order valence-corrected chi connectivity index (χ3v) is 5.07. The molecule has 0 bridgehead atoms. The van der Waals surface area contributed by atoms with Gasteiger partial charge in [-0.1, -0.05) is 11.3 Å². The quantitative estimate of drug-likeness (QED) is 0.848. The van der Waals surface area contributed by atoms with Crippen molar-refractivity contribution in [1.29, 1.82) is 0 Å². The van der Waals surface area contributed by atoms with E-state index >= 15 is 0 Å². The van der Waals surface area contributed by atoms with Crippen LogP contribution in [0.25, 0.3) is 9.53 Å². The fraction of sp³-hybridized carbons (Fsp3) is 0.500. The summed E-state index contributed by atoms with van der Waals surface area (Å²) in [4.78, 5) is 20.1. The molecule has 1 atom stereocenters. The predicted octanol–water partition coefficient (Wildman–Crippen LogP) is 2.61. The van der Waals surface area contributed by atoms with Gasteiger partial charge in [-0.25, -0.2) is 4.98 Å². The highest BCUT2D eigenvalue weighted by Crippen LogP contribution is 2.33. The molecule has 0 aliphatic rings. The van der Waals surface area contributed by atoms with E-state index in [2.05, 4.69) is 15.6 Å². The van der Waals surface area contributed by atoms with E-state index in [0.717, 1.165) is 19.5 Å². The van der Waals surface area contributed by atoms with Crippen LogP contribution in [-0.4, -0.2) is 44.6 Å². The van der Waals surface area contributed by atoms with Gasteiger partial charge in [-0.3, -0.25) is 4.79 Å². The number of carbonyl (C=O) groups is 1. The molecule has 2 rings (SSSR count). The Kier molecular flexibility index (Phi) is 8.50. The number of thiazole rings is 1. The maximum atomic E-state index is 12.0. The highest BCUT2D eigenvalue weighted by atomic mass is 35.5. The minimum absolute atomic E-state index is 0. The van der Waals surface area contributed by atoms with Gasteiger partial charge in [0.1, 0.15) is 4.83 Å². The second-order valence-corrected chi connectivity index (χ2v) is 6.61. The zero-order valence-electron chi connectivity index (χ0n) is 12.3. The van der Waals surface area contributed by atoms with Gasteiger partial charge in [0.25, 0.3) is 5.91 Å². The lowest BCUT2D eigenvalue weighted by molar-refractivity contribution is 0.0954. The fourth-order valence-corrected chi connectivity index (χ4v) is 3.51. The topological polar surface area (TPSA) is 57.3 Å². The van der Waals surface area contributed by atoms with Crippen LogP contribution in [0.15, 0.2) is 6.07 Å². The van der Waals surface area contributed by atoms with Crippen molar-refractivity contribution in [2.24, 2.45) is 0 Å². The van der Waals surface area contributed by atoms with Crippen LogP contribution in [0, 0.1) is 0 Å². The van der Waals surface area contributed by atoms with Crippen LogP contribution < -0.4 is 15.5 Å². The number of anilines is 1. The highest BCUT2D eigenvalue weighted by molar-refractivity contribution is 7.29. The van der Waals surface area contributed by atoms with Crippen molar-refractivity contribution in [1.82, 2.24) is 15.6 Å². The van der Waals surface area contributed by atoms with Crippen LogP contribution in [0.5, 0.6) is 0 Å². The largest absolute Gasteiger partial charge is 0.354 e. The van der Waals surface area contributed by atoms with Gasteiger partial charge in [-0.05, 0) is 20.0 Å². The Morgan fingerprint density at radius 1 is 1.38 bits per heavy atom. The number of halogens is 2. The predicted molar refractivity (Wildman–Crippen MR) is 97.2 cm³/mol. The SMILES string of the molecule is CNC(C)CNC(=O)c1cc2sc(N(C)C)nc2s1.Cl.Cl. The summed E-state index contributed by atoms with van der Waals surface area (Å²) in [5.41, 5.74) is 0. The number of likely N-dealkylation sites (N-methyl/N-ethyl adjacent to an activating group) is 1. The lowest BCUT2D eigenvalue weighted by atomic mass is 10.3. The van der Waals surface area contributed by atoms with Crippen molar-refractivity contribution in [2.45, 2.75) is 13.0 Å². The number of carbonyl (C=O) groups excluding carboxylic acids is 1. The monoisotopic (exact) mass is 370 g/mol. The Morgan fingerprint density at radius 2 is 2.05 bits per heavy atom. The van der Waals surface area contributed by atoms with E-state index in [0.29, 0.717) is 6.54 Å². The summed E-state index contributed by atoms with van der Waals surface area (Å²) in [6.07, 6.45) is 0. The lowest BCUT2D eigenvalue weighted by Gasteiger charge is -2.10. The molecule has 0 fully saturated rings. The summed E-state index contributed by atoms with van der Waals surface area (Å²) in [6, 6.07) is 2.19. The number of amides is 1. The zero-order chi connectivity index (χ0) is 14.0. The van der Waals surface area contributed by atoms with Gasteiger partial charge in [-0.15, -0.1) is 36.2 Å². The van der Waals surface area contributed by atoms with E-state index in [1.807, 2.05) is 39.0 Å². The Morgan fingerprint density at radius 3 is 2.57 bits per heavy atom. The number of fused-ring (bicyclic) bond motifs is 1. The zero-order valence-corrected chi connectivity index (χ0v) is 15.6. The number of thiophene rings is 1. The van der Waals surface area contributed by atoms with Gasteiger partial charge in [0.15, 0.2) is 5.13 Å². The van der Waals surface area contributed by atoms with Crippen LogP contribution in [0.1, 0.15) is 16.6 Å². The molecule has 0 aliphatic carbocycles. The van der Waals surface area contributed by atoms with Gasteiger partial charge in [-0.2, -0.15) is 0 Å². The van der Waals surface area contributed by atoms with Crippen molar-refractivity contribution >= 4 is 68.1 Å². The Hall–Kier alpha value is -0.600. The molecule has 1 unspecified atom stereocenters. The minimum atomic E-state index is -0.0243. The van der Waals surface area contributed by atoms with Gasteiger partial charge in [0.05, 0.1) is 9.58 Å². The number of nitrogens with one attached hydrogen (secondary N) is 2. The Balaban J connectivity index is 0.00000200. The molecule has 5 nitrogen and oxygen atoms in total. The summed E-state index contributed by atoms with van der Waals surface area (Å²) >= 11 is 3.05. The average Bonchev–Trinajstić information content (AvgIpc) is 2.93. The average molecular weight is 371 g/mol. The molecule has 0 aliphatic heterocycles. The smallest absolute Gasteiger partial charge is 0.261 e. The van der Waals surface area contributed by atoms with Crippen LogP contribution >= 0.6 is 47.5 Å². The maximum absolute atomic E-state index is 12.0. The molecule has 120 valence electrons. The number of nitrogens with zero attached hydrogens (tertiary/aromatic N) is 2. The number of aromatic nitrogens is 1. The molecule has 9 heteroatoms. The Labute approximate surface area is 144 Å². The van der Waals surface area contributed by atoms with Crippen molar-refractivity contribution in [3.63, 3.8) is 0 Å². The molecule has 1 amide bonds. The van der Waals surface area contributed by atoms with E-state index in [9.17, 15) is 4.79 Å². The molecule has 2 heterocycles. The number of rotatable bonds is 5. The summed E-state index contributed by atoms with van der Waals surface area (Å²) in [7, 11) is 5.81. The molecule has 0 saturated carbocycles. The van der Waals surface area contributed by atoms with E-state index in [-0.39, 0.29) is 36.8 Å². The summed E-state index contributed by atoms with van der Waals surface area (Å²) < 4.78 is 1.07. The summed E-state index contributed by atoms with van der Waals surface area (Å²) in [5, 5.41) is 6.97. The summed E-state index contributed by atoms with van der Waals surface area (Å²) in [6.45, 7) is 2.65. The van der Waals surface area contributed by atoms with E-state index < -0.39 is 0 Å². The molecule has 2 aromatic rings. The maximum Gasteiger partial charge on any atom is 0.261 e. The second kappa shape index (κ2) is 8.75. The lowest BCUT2D eigenvalue weighted by Crippen LogP contribution is -2.36. The first-order valence-electron chi connectivity index (χ1n) is 6.04. The molecule has 0 saturated heterocycles. The molecule has 0 spiro atoms. The van der Waals surface area contributed by atoms with Crippen LogP contribution in [0.4, 0.5) is 5.13 Å². The molecule has 2 aromatic heterocycles. The standard InChI is InChI=1S/C12H18N4OS2.2ClH/c1-7(13-2)6-14-10(17)8-5-9-11(18-8)15-12(19-9)16(3)4;;/h5,7,13H,6H2,1-4H3,(H,14,17);2*1H. The summed E-state index contributed by atoms with van der Waals surface area (Å²) in [5.74, 6) is -0.0243. The van der Waals surface area contributed by atoms with E-state index in [1.54, 1.807) is 11.3 Å². The van der Waals surface area contributed by atoms with Crippen LogP contribution in [-0.2, 0) is 0 Å². The minimum Gasteiger partial charge on any atom is -0.354 e. The van der Waals surface area contributed by atoms with Crippen molar-refractivity contribution in [3.05, 3.63) is 10.9 Å². The van der Waals surface area contributed by atoms with Gasteiger partial charge < -0.3 is 15.5 Å². The second-order valence-electron chi connectivity index (χ2n) is 4.57. The molecule has 0 radical (unpaired) electrons. The Bertz CT molecular complexity index is 553. The first-order chi connectivity index (χ1) is 9.01. The van der Waals surface area contributed by atoms with Crippen molar-refractivity contribution in [2.75, 3.05) is 32.6 Å². The van der Waals surface area contributed by atoms with Crippen molar-refractivity contribution in [3.8, 4) is 0 Å². The molecular formula is C12H20Cl2N4OS2. The highest BCUT2D eigenvalue weighted by Gasteiger charge is 2.14.